The predicted octanol–water partition coefficient (Wildman–Crippen LogP) is -0.863. The maximum absolute atomic E-state index is 14.0. The third-order valence-corrected chi connectivity index (χ3v) is 2.84. The maximum atomic E-state index is 14.0. The zero-order chi connectivity index (χ0) is 13.4. The second kappa shape index (κ2) is 4.64. The second-order valence-electron chi connectivity index (χ2n) is 4.03. The van der Waals surface area contributed by atoms with Crippen LogP contribution in [0.5, 0.6) is 0 Å². The monoisotopic (exact) mass is 257 g/mol. The van der Waals surface area contributed by atoms with Gasteiger partial charge in [-0.15, -0.1) is 0 Å². The molecule has 1 heterocycles. The predicted molar refractivity (Wildman–Crippen MR) is 58.1 cm³/mol. The third-order valence-electron chi connectivity index (χ3n) is 2.84. The van der Waals surface area contributed by atoms with Gasteiger partial charge >= 0.3 is 13.1 Å². The Balaban J connectivity index is 2.41. The Kier molecular flexibility index (Phi) is 3.33. The highest BCUT2D eigenvalue weighted by Gasteiger charge is 2.33. The first-order chi connectivity index (χ1) is 8.41. The van der Waals surface area contributed by atoms with Gasteiger partial charge in [0.15, 0.2) is 0 Å². The molecular weight excluding hydrogens is 247 g/mol. The van der Waals surface area contributed by atoms with Crippen LogP contribution < -0.4 is 11.2 Å². The summed E-state index contributed by atoms with van der Waals surface area (Å²) in [5, 5.41) is 17.9. The van der Waals surface area contributed by atoms with Crippen molar-refractivity contribution >= 4 is 18.6 Å². The molecule has 1 aliphatic rings. The van der Waals surface area contributed by atoms with E-state index in [1.165, 1.54) is 0 Å². The molecule has 1 aliphatic heterocycles. The molecule has 1 aromatic rings. The Morgan fingerprint density at radius 2 is 2.28 bits per heavy atom. The molecule has 2 rings (SSSR count). The lowest BCUT2D eigenvalue weighted by Crippen LogP contribution is -2.34. The summed E-state index contributed by atoms with van der Waals surface area (Å²) in [6.07, 6.45) is -0.462. The summed E-state index contributed by atoms with van der Waals surface area (Å²) in [7, 11) is -1.36. The van der Waals surface area contributed by atoms with E-state index in [-0.39, 0.29) is 17.6 Å². The normalized spacial score (nSPS) is 15.7. The number of carboxylic acids is 1. The van der Waals surface area contributed by atoms with Gasteiger partial charge in [-0.25, -0.2) is 8.78 Å². The molecule has 0 spiro atoms. The first-order valence-corrected chi connectivity index (χ1v) is 5.19. The number of carbonyl (C=O) groups is 1. The minimum absolute atomic E-state index is 0.0256. The number of aliphatic carboxylic acids is 1. The van der Waals surface area contributed by atoms with Crippen LogP contribution in [0.2, 0.25) is 0 Å². The summed E-state index contributed by atoms with van der Waals surface area (Å²) in [6.45, 7) is -0.183. The van der Waals surface area contributed by atoms with E-state index >= 15 is 0 Å². The van der Waals surface area contributed by atoms with Crippen LogP contribution in [0.25, 0.3) is 0 Å². The van der Waals surface area contributed by atoms with Gasteiger partial charge in [0.25, 0.3) is 0 Å². The van der Waals surface area contributed by atoms with E-state index < -0.39 is 42.7 Å². The standard InChI is InChI=1S/C10H10BF2NO4/c12-7-2-6-5(3-18-11(6)17)9(13)4(7)1-8(14)10(15)16/h2,8,17H,1,3,14H2,(H,15,16)/t8-/m1/s1. The van der Waals surface area contributed by atoms with E-state index in [4.69, 9.17) is 15.5 Å². The second-order valence-corrected chi connectivity index (χ2v) is 4.03. The fraction of sp³-hybridized carbons (Fsp3) is 0.300. The summed E-state index contributed by atoms with van der Waals surface area (Å²) in [5.74, 6) is -3.18. The van der Waals surface area contributed by atoms with Gasteiger partial charge in [-0.2, -0.15) is 0 Å². The summed E-state index contributed by atoms with van der Waals surface area (Å²) in [6, 6.07) is -0.445. The van der Waals surface area contributed by atoms with Crippen molar-refractivity contribution in [3.05, 3.63) is 28.8 Å². The van der Waals surface area contributed by atoms with Gasteiger partial charge < -0.3 is 20.5 Å². The average Bonchev–Trinajstić information content (AvgIpc) is 2.66. The highest BCUT2D eigenvalue weighted by molar-refractivity contribution is 6.61. The largest absolute Gasteiger partial charge is 0.491 e. The number of hydrogen-bond acceptors (Lipinski definition) is 4. The molecule has 8 heteroatoms. The average molecular weight is 257 g/mol. The van der Waals surface area contributed by atoms with Crippen LogP contribution in [0.3, 0.4) is 0 Å². The molecule has 4 N–H and O–H groups in total. The van der Waals surface area contributed by atoms with E-state index in [0.717, 1.165) is 6.07 Å². The minimum Gasteiger partial charge on any atom is -0.480 e. The van der Waals surface area contributed by atoms with Crippen molar-refractivity contribution in [3.63, 3.8) is 0 Å². The smallest absolute Gasteiger partial charge is 0.480 e. The summed E-state index contributed by atoms with van der Waals surface area (Å²) in [5.41, 5.74) is 4.91. The van der Waals surface area contributed by atoms with E-state index in [0.29, 0.717) is 0 Å². The fourth-order valence-electron chi connectivity index (χ4n) is 1.84. The molecule has 5 nitrogen and oxygen atoms in total. The van der Waals surface area contributed by atoms with Crippen LogP contribution >= 0.6 is 0 Å². The van der Waals surface area contributed by atoms with E-state index in [2.05, 4.69) is 0 Å². The molecule has 0 saturated carbocycles. The topological polar surface area (TPSA) is 92.8 Å². The zero-order valence-corrected chi connectivity index (χ0v) is 9.19. The molecule has 0 radical (unpaired) electrons. The van der Waals surface area contributed by atoms with Gasteiger partial charge in [0.2, 0.25) is 0 Å². The molecule has 0 fully saturated rings. The molecule has 96 valence electrons. The van der Waals surface area contributed by atoms with Crippen molar-refractivity contribution in [1.82, 2.24) is 0 Å². The van der Waals surface area contributed by atoms with Crippen molar-refractivity contribution < 1.29 is 28.4 Å². The van der Waals surface area contributed by atoms with Gasteiger partial charge in [-0.1, -0.05) is 0 Å². The number of benzene rings is 1. The SMILES string of the molecule is N[C@H](Cc1c(F)cc2c(c1F)COB2O)C(=O)O. The number of hydrogen-bond donors (Lipinski definition) is 3. The van der Waals surface area contributed by atoms with Gasteiger partial charge in [-0.3, -0.25) is 4.79 Å². The van der Waals surface area contributed by atoms with E-state index in [1.807, 2.05) is 0 Å². The van der Waals surface area contributed by atoms with Crippen molar-refractivity contribution in [2.24, 2.45) is 5.73 Å². The third kappa shape index (κ3) is 2.10. The molecule has 1 atom stereocenters. The van der Waals surface area contributed by atoms with Crippen LogP contribution in [0.4, 0.5) is 8.78 Å². The number of carboxylic acid groups (broad SMARTS) is 1. The minimum atomic E-state index is -1.39. The molecule has 0 amide bonds. The molecule has 1 aromatic carbocycles. The van der Waals surface area contributed by atoms with Crippen molar-refractivity contribution in [2.45, 2.75) is 19.1 Å². The van der Waals surface area contributed by atoms with Gasteiger partial charge in [0.1, 0.15) is 17.7 Å². The van der Waals surface area contributed by atoms with Crippen LogP contribution in [0.15, 0.2) is 6.07 Å². The number of halogens is 2. The molecule has 0 aliphatic carbocycles. The van der Waals surface area contributed by atoms with Crippen LogP contribution in [-0.2, 0) is 22.5 Å². The van der Waals surface area contributed by atoms with E-state index in [1.54, 1.807) is 0 Å². The Labute approximate surface area is 101 Å². The maximum Gasteiger partial charge on any atom is 0.491 e. The summed E-state index contributed by atoms with van der Waals surface area (Å²) >= 11 is 0. The Morgan fingerprint density at radius 1 is 1.61 bits per heavy atom. The molecule has 0 unspecified atom stereocenters. The molecule has 0 aromatic heterocycles. The van der Waals surface area contributed by atoms with Gasteiger partial charge in [0.05, 0.1) is 6.61 Å². The lowest BCUT2D eigenvalue weighted by Gasteiger charge is -2.11. The Bertz CT molecular complexity index is 511. The highest BCUT2D eigenvalue weighted by Crippen LogP contribution is 2.21. The van der Waals surface area contributed by atoms with Crippen molar-refractivity contribution in [1.29, 1.82) is 0 Å². The number of nitrogens with two attached hydrogens (primary N) is 1. The summed E-state index contributed by atoms with van der Waals surface area (Å²) in [4.78, 5) is 10.6. The van der Waals surface area contributed by atoms with Crippen LogP contribution in [0.1, 0.15) is 11.1 Å². The summed E-state index contributed by atoms with van der Waals surface area (Å²) < 4.78 is 32.4. The van der Waals surface area contributed by atoms with Crippen molar-refractivity contribution in [3.8, 4) is 0 Å². The van der Waals surface area contributed by atoms with Gasteiger partial charge in [0, 0.05) is 17.5 Å². The zero-order valence-electron chi connectivity index (χ0n) is 9.19. The first kappa shape index (κ1) is 12.9. The number of fused-ring (bicyclic) bond motifs is 1. The molecule has 0 bridgehead atoms. The van der Waals surface area contributed by atoms with Crippen LogP contribution in [-0.4, -0.2) is 29.3 Å². The molecule has 0 saturated heterocycles. The fourth-order valence-corrected chi connectivity index (χ4v) is 1.84. The van der Waals surface area contributed by atoms with Crippen LogP contribution in [0, 0.1) is 11.6 Å². The highest BCUT2D eigenvalue weighted by atomic mass is 19.1. The quantitative estimate of drug-likeness (QED) is 0.612. The molecule has 18 heavy (non-hydrogen) atoms. The Hall–Kier alpha value is -1.51. The lowest BCUT2D eigenvalue weighted by molar-refractivity contribution is -0.138. The van der Waals surface area contributed by atoms with Crippen molar-refractivity contribution in [2.75, 3.05) is 0 Å². The number of rotatable bonds is 3. The Morgan fingerprint density at radius 3 is 2.89 bits per heavy atom. The van der Waals surface area contributed by atoms with Gasteiger partial charge in [-0.05, 0) is 11.5 Å². The lowest BCUT2D eigenvalue weighted by atomic mass is 9.78. The van der Waals surface area contributed by atoms with E-state index in [9.17, 15) is 18.6 Å². The first-order valence-electron chi connectivity index (χ1n) is 5.19. The molecular formula is C10H10BF2NO4.